The lowest BCUT2D eigenvalue weighted by Crippen LogP contribution is -2.57. The number of azide groups is 1. The highest BCUT2D eigenvalue weighted by Gasteiger charge is 2.51. The molecule has 3 saturated carbocycles. The largest absolute Gasteiger partial charge is 0.307 e. The van der Waals surface area contributed by atoms with Gasteiger partial charge in [-0.2, -0.15) is 0 Å². The van der Waals surface area contributed by atoms with Gasteiger partial charge in [-0.25, -0.2) is 0 Å². The van der Waals surface area contributed by atoms with Gasteiger partial charge in [-0.15, -0.1) is 0 Å². The first-order valence-corrected chi connectivity index (χ1v) is 13.6. The zero-order valence-electron chi connectivity index (χ0n) is 20.5. The number of hydrogen-bond donors (Lipinski definition) is 0. The summed E-state index contributed by atoms with van der Waals surface area (Å²) in [6.45, 7) is 0.172. The minimum absolute atomic E-state index is 0.00752. The number of nitrogens with zero attached hydrogens (tertiary/aromatic N) is 4. The van der Waals surface area contributed by atoms with Crippen LogP contribution in [-0.4, -0.2) is 23.5 Å². The number of amides is 1. The number of hydrogen-bond acceptors (Lipinski definition) is 4. The maximum atomic E-state index is 14.0. The standard InChI is InChI=1S/C28H36N4O3/c29-31-30-17-19-10-12-24-23(14-19)28(35)27-22(20-8-2-1-3-9-20)15-21(33)16-25(27)32(24)26(34)13-11-18-6-4-5-7-18/h10,12,14,18,20,22,25,27H,1-9,11,13,15-17H2/t22-,25-,27+/m1/s1. The predicted octanol–water partition coefficient (Wildman–Crippen LogP) is 6.54. The van der Waals surface area contributed by atoms with Crippen molar-refractivity contribution in [2.45, 2.75) is 96.1 Å². The fraction of sp³-hybridized carbons (Fsp3) is 0.679. The van der Waals surface area contributed by atoms with Crippen molar-refractivity contribution in [2.75, 3.05) is 4.90 Å². The molecule has 1 amide bonds. The molecule has 1 aliphatic heterocycles. The van der Waals surface area contributed by atoms with Crippen molar-refractivity contribution in [2.24, 2.45) is 28.8 Å². The average Bonchev–Trinajstić information content (AvgIpc) is 3.40. The highest BCUT2D eigenvalue weighted by Crippen LogP contribution is 2.48. The molecular formula is C28H36N4O3. The van der Waals surface area contributed by atoms with Gasteiger partial charge in [0.15, 0.2) is 5.78 Å². The predicted molar refractivity (Wildman–Crippen MR) is 134 cm³/mol. The monoisotopic (exact) mass is 476 g/mol. The smallest absolute Gasteiger partial charge is 0.227 e. The molecule has 0 unspecified atom stereocenters. The lowest BCUT2D eigenvalue weighted by Gasteiger charge is -2.49. The molecule has 1 aromatic carbocycles. The number of fused-ring (bicyclic) bond motifs is 2. The summed E-state index contributed by atoms with van der Waals surface area (Å²) in [4.78, 5) is 45.5. The summed E-state index contributed by atoms with van der Waals surface area (Å²) in [5.41, 5.74) is 10.7. The lowest BCUT2D eigenvalue weighted by molar-refractivity contribution is -0.125. The maximum Gasteiger partial charge on any atom is 0.227 e. The molecule has 3 fully saturated rings. The van der Waals surface area contributed by atoms with Crippen LogP contribution >= 0.6 is 0 Å². The van der Waals surface area contributed by atoms with Crippen molar-refractivity contribution < 1.29 is 14.4 Å². The zero-order chi connectivity index (χ0) is 24.4. The summed E-state index contributed by atoms with van der Waals surface area (Å²) in [5, 5.41) is 3.67. The number of carbonyl (C=O) groups is 3. The third-order valence-electron chi connectivity index (χ3n) is 9.08. The topological polar surface area (TPSA) is 103 Å². The minimum atomic E-state index is -0.373. The van der Waals surface area contributed by atoms with Gasteiger partial charge in [0, 0.05) is 35.7 Å². The molecule has 35 heavy (non-hydrogen) atoms. The van der Waals surface area contributed by atoms with Gasteiger partial charge in [0.25, 0.3) is 0 Å². The van der Waals surface area contributed by atoms with Crippen LogP contribution in [-0.2, 0) is 16.1 Å². The Bertz CT molecular complexity index is 1030. The quantitative estimate of drug-likeness (QED) is 0.264. The van der Waals surface area contributed by atoms with Gasteiger partial charge in [-0.3, -0.25) is 14.4 Å². The Morgan fingerprint density at radius 2 is 1.77 bits per heavy atom. The van der Waals surface area contributed by atoms with Crippen molar-refractivity contribution >= 4 is 23.2 Å². The van der Waals surface area contributed by atoms with Crippen molar-refractivity contribution in [3.8, 4) is 0 Å². The maximum absolute atomic E-state index is 14.0. The molecule has 0 spiro atoms. The minimum Gasteiger partial charge on any atom is -0.307 e. The second-order valence-corrected chi connectivity index (χ2v) is 11.2. The normalized spacial score (nSPS) is 27.3. The molecule has 0 N–H and O–H groups in total. The first-order valence-electron chi connectivity index (χ1n) is 13.6. The molecule has 0 saturated heterocycles. The van der Waals surface area contributed by atoms with E-state index in [4.69, 9.17) is 5.53 Å². The van der Waals surface area contributed by atoms with Crippen molar-refractivity contribution in [3.05, 3.63) is 39.8 Å². The van der Waals surface area contributed by atoms with Crippen molar-refractivity contribution in [1.29, 1.82) is 0 Å². The second kappa shape index (κ2) is 10.5. The molecule has 1 heterocycles. The van der Waals surface area contributed by atoms with Crippen molar-refractivity contribution in [1.82, 2.24) is 0 Å². The van der Waals surface area contributed by atoms with Crippen molar-refractivity contribution in [3.63, 3.8) is 0 Å². The zero-order valence-corrected chi connectivity index (χ0v) is 20.5. The van der Waals surface area contributed by atoms with Gasteiger partial charge in [0.05, 0.1) is 18.3 Å². The van der Waals surface area contributed by atoms with E-state index in [9.17, 15) is 14.4 Å². The molecule has 3 aliphatic carbocycles. The third-order valence-corrected chi connectivity index (χ3v) is 9.08. The van der Waals surface area contributed by atoms with E-state index >= 15 is 0 Å². The van der Waals surface area contributed by atoms with Crippen LogP contribution in [0.5, 0.6) is 0 Å². The van der Waals surface area contributed by atoms with Crippen LogP contribution < -0.4 is 4.90 Å². The second-order valence-electron chi connectivity index (χ2n) is 11.2. The van der Waals surface area contributed by atoms with E-state index in [1.807, 2.05) is 23.1 Å². The highest BCUT2D eigenvalue weighted by molar-refractivity contribution is 6.12. The molecule has 0 radical (unpaired) electrons. The Balaban J connectivity index is 1.51. The summed E-state index contributed by atoms with van der Waals surface area (Å²) < 4.78 is 0. The van der Waals surface area contributed by atoms with Crippen LogP contribution in [0.2, 0.25) is 0 Å². The van der Waals surface area contributed by atoms with Gasteiger partial charge in [-0.1, -0.05) is 69.0 Å². The van der Waals surface area contributed by atoms with Crippen LogP contribution in [0.3, 0.4) is 0 Å². The molecule has 7 heteroatoms. The van der Waals surface area contributed by atoms with Gasteiger partial charge < -0.3 is 4.90 Å². The molecular weight excluding hydrogens is 440 g/mol. The molecule has 4 aliphatic rings. The Labute approximate surface area is 207 Å². The third kappa shape index (κ3) is 4.88. The number of Topliss-reactive ketones (excluding diaryl/α,β-unsaturated/α-hetero) is 2. The molecule has 1 aromatic rings. The van der Waals surface area contributed by atoms with Crippen LogP contribution in [0.4, 0.5) is 5.69 Å². The Kier molecular flexibility index (Phi) is 7.24. The molecule has 0 bridgehead atoms. The van der Waals surface area contributed by atoms with Crippen LogP contribution in [0.15, 0.2) is 23.3 Å². The molecule has 7 nitrogen and oxygen atoms in total. The van der Waals surface area contributed by atoms with Gasteiger partial charge >= 0.3 is 0 Å². The number of carbonyl (C=O) groups excluding carboxylic acids is 3. The number of benzene rings is 1. The van der Waals surface area contributed by atoms with E-state index < -0.39 is 0 Å². The number of ketones is 2. The first-order chi connectivity index (χ1) is 17.1. The van der Waals surface area contributed by atoms with E-state index in [0.717, 1.165) is 37.7 Å². The molecule has 0 aromatic heterocycles. The van der Waals surface area contributed by atoms with E-state index in [1.54, 1.807) is 0 Å². The first kappa shape index (κ1) is 24.1. The molecule has 186 valence electrons. The molecule has 5 rings (SSSR count). The van der Waals surface area contributed by atoms with Crippen LogP contribution in [0, 0.1) is 23.7 Å². The Morgan fingerprint density at radius 1 is 1.03 bits per heavy atom. The summed E-state index contributed by atoms with van der Waals surface area (Å²) >= 11 is 0. The van der Waals surface area contributed by atoms with E-state index in [0.29, 0.717) is 35.9 Å². The van der Waals surface area contributed by atoms with E-state index in [-0.39, 0.29) is 48.3 Å². The highest BCUT2D eigenvalue weighted by atomic mass is 16.2. The van der Waals surface area contributed by atoms with Crippen LogP contribution in [0.25, 0.3) is 10.4 Å². The van der Waals surface area contributed by atoms with E-state index in [2.05, 4.69) is 10.0 Å². The molecule has 3 atom stereocenters. The Morgan fingerprint density at radius 3 is 2.51 bits per heavy atom. The van der Waals surface area contributed by atoms with Crippen LogP contribution in [0.1, 0.15) is 99.4 Å². The number of rotatable bonds is 6. The summed E-state index contributed by atoms with van der Waals surface area (Å²) in [7, 11) is 0. The summed E-state index contributed by atoms with van der Waals surface area (Å²) in [6, 6.07) is 5.10. The van der Waals surface area contributed by atoms with E-state index in [1.165, 1.54) is 32.1 Å². The summed E-state index contributed by atoms with van der Waals surface area (Å²) in [6.07, 6.45) is 12.6. The van der Waals surface area contributed by atoms with Gasteiger partial charge in [-0.05, 0) is 47.4 Å². The van der Waals surface area contributed by atoms with Gasteiger partial charge in [0.2, 0.25) is 5.91 Å². The number of anilines is 1. The fourth-order valence-electron chi connectivity index (χ4n) is 7.39. The summed E-state index contributed by atoms with van der Waals surface area (Å²) in [5.74, 6) is 0.951. The SMILES string of the molecule is [N-]=[N+]=NCc1ccc2c(c1)C(=O)[C@H]1[C@@H](C3CCCCC3)CC(=O)C[C@H]1N2C(=O)CCC1CCCC1. The van der Waals surface area contributed by atoms with Gasteiger partial charge in [0.1, 0.15) is 5.78 Å². The fourth-order valence-corrected chi connectivity index (χ4v) is 7.39. The Hall–Kier alpha value is -2.66. The average molecular weight is 477 g/mol. The lowest BCUT2D eigenvalue weighted by atomic mass is 9.62.